The molecule has 0 radical (unpaired) electrons. The zero-order valence-corrected chi connectivity index (χ0v) is 14.6. The highest BCUT2D eigenvalue weighted by molar-refractivity contribution is 6.45. The van der Waals surface area contributed by atoms with E-state index in [1.807, 2.05) is 48.5 Å². The molecule has 0 atom stereocenters. The smallest absolute Gasteiger partial charge is 0.273 e. The number of ether oxygens (including phenoxy) is 2. The number of nitrogens with zero attached hydrogens (tertiary/aromatic N) is 1. The van der Waals surface area contributed by atoms with Gasteiger partial charge in [-0.25, -0.2) is 0 Å². The summed E-state index contributed by atoms with van der Waals surface area (Å²) in [5, 5.41) is 6.70. The SMILES string of the molecule is CON=C(C(=O)NCCc1ccc(OC)c(OC)c1)c1ccccc1. The summed E-state index contributed by atoms with van der Waals surface area (Å²) in [7, 11) is 4.61. The van der Waals surface area contributed by atoms with Crippen LogP contribution in [0, 0.1) is 0 Å². The van der Waals surface area contributed by atoms with Gasteiger partial charge >= 0.3 is 0 Å². The second-order valence-electron chi connectivity index (χ2n) is 5.18. The fourth-order valence-electron chi connectivity index (χ4n) is 2.35. The van der Waals surface area contributed by atoms with Crippen LogP contribution in [0.25, 0.3) is 0 Å². The van der Waals surface area contributed by atoms with Crippen LogP contribution in [-0.4, -0.2) is 39.5 Å². The van der Waals surface area contributed by atoms with Crippen LogP contribution in [0.5, 0.6) is 11.5 Å². The van der Waals surface area contributed by atoms with Crippen molar-refractivity contribution in [3.8, 4) is 11.5 Å². The van der Waals surface area contributed by atoms with E-state index in [-0.39, 0.29) is 11.6 Å². The van der Waals surface area contributed by atoms with Crippen LogP contribution in [-0.2, 0) is 16.1 Å². The number of carbonyl (C=O) groups is 1. The molecular weight excluding hydrogens is 320 g/mol. The maximum Gasteiger partial charge on any atom is 0.273 e. The van der Waals surface area contributed by atoms with Gasteiger partial charge < -0.3 is 19.6 Å². The predicted molar refractivity (Wildman–Crippen MR) is 96.2 cm³/mol. The quantitative estimate of drug-likeness (QED) is 0.591. The molecule has 0 bridgehead atoms. The van der Waals surface area contributed by atoms with Crippen molar-refractivity contribution < 1.29 is 19.1 Å². The molecule has 132 valence electrons. The molecule has 1 N–H and O–H groups in total. The van der Waals surface area contributed by atoms with E-state index in [0.29, 0.717) is 30.0 Å². The highest BCUT2D eigenvalue weighted by atomic mass is 16.6. The minimum Gasteiger partial charge on any atom is -0.493 e. The molecule has 1 amide bonds. The lowest BCUT2D eigenvalue weighted by atomic mass is 10.1. The summed E-state index contributed by atoms with van der Waals surface area (Å²) in [5.74, 6) is 1.06. The van der Waals surface area contributed by atoms with Crippen LogP contribution in [0.1, 0.15) is 11.1 Å². The van der Waals surface area contributed by atoms with Crippen LogP contribution in [0.2, 0.25) is 0 Å². The van der Waals surface area contributed by atoms with Crippen molar-refractivity contribution in [2.24, 2.45) is 5.16 Å². The van der Waals surface area contributed by atoms with E-state index < -0.39 is 0 Å². The average molecular weight is 342 g/mol. The van der Waals surface area contributed by atoms with Crippen molar-refractivity contribution >= 4 is 11.6 Å². The molecule has 0 aliphatic carbocycles. The third-order valence-electron chi connectivity index (χ3n) is 3.59. The van der Waals surface area contributed by atoms with Gasteiger partial charge in [0.1, 0.15) is 7.11 Å². The zero-order valence-electron chi connectivity index (χ0n) is 14.6. The first-order valence-electron chi connectivity index (χ1n) is 7.85. The number of hydrogen-bond donors (Lipinski definition) is 1. The normalized spacial score (nSPS) is 10.9. The van der Waals surface area contributed by atoms with E-state index in [9.17, 15) is 4.79 Å². The van der Waals surface area contributed by atoms with E-state index in [0.717, 1.165) is 5.56 Å². The number of amides is 1. The summed E-state index contributed by atoms with van der Waals surface area (Å²) in [4.78, 5) is 17.2. The molecule has 2 aromatic rings. The summed E-state index contributed by atoms with van der Waals surface area (Å²) in [6, 6.07) is 14.9. The molecule has 0 aliphatic rings. The van der Waals surface area contributed by atoms with Crippen molar-refractivity contribution in [2.75, 3.05) is 27.9 Å². The lowest BCUT2D eigenvalue weighted by Gasteiger charge is -2.10. The summed E-state index contributed by atoms with van der Waals surface area (Å²) in [6.07, 6.45) is 0.654. The van der Waals surface area contributed by atoms with Gasteiger partial charge in [0.05, 0.1) is 14.2 Å². The van der Waals surface area contributed by atoms with Gasteiger partial charge in [0.15, 0.2) is 17.2 Å². The van der Waals surface area contributed by atoms with Crippen molar-refractivity contribution in [2.45, 2.75) is 6.42 Å². The van der Waals surface area contributed by atoms with Crippen LogP contribution in [0.15, 0.2) is 53.7 Å². The number of oxime groups is 1. The summed E-state index contributed by atoms with van der Waals surface area (Å²) >= 11 is 0. The highest BCUT2D eigenvalue weighted by Crippen LogP contribution is 2.27. The van der Waals surface area contributed by atoms with E-state index >= 15 is 0 Å². The Morgan fingerprint density at radius 2 is 1.72 bits per heavy atom. The van der Waals surface area contributed by atoms with Gasteiger partial charge in [-0.1, -0.05) is 41.6 Å². The molecule has 6 nitrogen and oxygen atoms in total. The van der Waals surface area contributed by atoms with Crippen LogP contribution in [0.3, 0.4) is 0 Å². The maximum absolute atomic E-state index is 12.4. The molecular formula is C19H22N2O4. The molecule has 2 rings (SSSR count). The Morgan fingerprint density at radius 1 is 1.00 bits per heavy atom. The third kappa shape index (κ3) is 4.97. The number of methoxy groups -OCH3 is 2. The topological polar surface area (TPSA) is 69.2 Å². The van der Waals surface area contributed by atoms with Crippen molar-refractivity contribution in [3.05, 3.63) is 59.7 Å². The summed E-state index contributed by atoms with van der Waals surface area (Å²) in [5.41, 5.74) is 1.98. The standard InChI is InChI=1S/C19H22N2O4/c1-23-16-10-9-14(13-17(16)24-2)11-12-20-19(22)18(21-25-3)15-7-5-4-6-8-15/h4-10,13H,11-12H2,1-3H3,(H,20,22). The van der Waals surface area contributed by atoms with Crippen LogP contribution in [0.4, 0.5) is 0 Å². The molecule has 0 unspecified atom stereocenters. The first-order valence-corrected chi connectivity index (χ1v) is 7.85. The second-order valence-corrected chi connectivity index (χ2v) is 5.18. The molecule has 0 aromatic heterocycles. The number of nitrogens with one attached hydrogen (secondary N) is 1. The molecule has 0 aliphatic heterocycles. The molecule has 0 fully saturated rings. The molecule has 0 heterocycles. The zero-order chi connectivity index (χ0) is 18.1. The van der Waals surface area contributed by atoms with E-state index in [2.05, 4.69) is 10.5 Å². The average Bonchev–Trinajstić information content (AvgIpc) is 2.66. The van der Waals surface area contributed by atoms with Gasteiger partial charge in [0.2, 0.25) is 0 Å². The monoisotopic (exact) mass is 342 g/mol. The maximum atomic E-state index is 12.4. The van der Waals surface area contributed by atoms with Crippen LogP contribution >= 0.6 is 0 Å². The van der Waals surface area contributed by atoms with E-state index in [4.69, 9.17) is 14.3 Å². The largest absolute Gasteiger partial charge is 0.493 e. The minimum atomic E-state index is -0.284. The second kappa shape index (κ2) is 9.32. The van der Waals surface area contributed by atoms with Gasteiger partial charge in [0.25, 0.3) is 5.91 Å². The molecule has 25 heavy (non-hydrogen) atoms. The van der Waals surface area contributed by atoms with Gasteiger partial charge in [-0.3, -0.25) is 4.79 Å². The van der Waals surface area contributed by atoms with Gasteiger partial charge in [0, 0.05) is 12.1 Å². The molecule has 2 aromatic carbocycles. The fraction of sp³-hybridized carbons (Fsp3) is 0.263. The lowest BCUT2D eigenvalue weighted by Crippen LogP contribution is -2.33. The number of carbonyl (C=O) groups excluding carboxylic acids is 1. The van der Waals surface area contributed by atoms with Crippen LogP contribution < -0.4 is 14.8 Å². The van der Waals surface area contributed by atoms with Crippen molar-refractivity contribution in [1.82, 2.24) is 5.32 Å². The van der Waals surface area contributed by atoms with Crippen molar-refractivity contribution in [3.63, 3.8) is 0 Å². The van der Waals surface area contributed by atoms with Gasteiger partial charge in [-0.15, -0.1) is 0 Å². The number of hydrogen-bond acceptors (Lipinski definition) is 5. The van der Waals surface area contributed by atoms with E-state index in [1.165, 1.54) is 7.11 Å². The minimum absolute atomic E-state index is 0.246. The Hall–Kier alpha value is -3.02. The molecule has 0 spiro atoms. The van der Waals surface area contributed by atoms with E-state index in [1.54, 1.807) is 14.2 Å². The molecule has 0 saturated carbocycles. The first-order chi connectivity index (χ1) is 12.2. The number of benzene rings is 2. The number of rotatable bonds is 8. The Morgan fingerprint density at radius 3 is 2.36 bits per heavy atom. The Balaban J connectivity index is 1.98. The lowest BCUT2D eigenvalue weighted by molar-refractivity contribution is -0.114. The van der Waals surface area contributed by atoms with Crippen molar-refractivity contribution in [1.29, 1.82) is 0 Å². The first kappa shape index (κ1) is 18.3. The third-order valence-corrected chi connectivity index (χ3v) is 3.59. The van der Waals surface area contributed by atoms with Gasteiger partial charge in [-0.2, -0.15) is 0 Å². The summed E-state index contributed by atoms with van der Waals surface area (Å²) in [6.45, 7) is 0.462. The fourth-order valence-corrected chi connectivity index (χ4v) is 2.35. The Kier molecular flexibility index (Phi) is 6.83. The Labute approximate surface area is 147 Å². The molecule has 0 saturated heterocycles. The Bertz CT molecular complexity index is 729. The summed E-state index contributed by atoms with van der Waals surface area (Å²) < 4.78 is 10.5. The predicted octanol–water partition coefficient (Wildman–Crippen LogP) is 2.41. The molecule has 6 heteroatoms. The highest BCUT2D eigenvalue weighted by Gasteiger charge is 2.14. The van der Waals surface area contributed by atoms with Gasteiger partial charge in [-0.05, 0) is 24.1 Å².